The van der Waals surface area contributed by atoms with Crippen molar-refractivity contribution in [3.8, 4) is 0 Å². The van der Waals surface area contributed by atoms with E-state index in [1.54, 1.807) is 34.9 Å². The zero-order valence-electron chi connectivity index (χ0n) is 11.2. The Balaban J connectivity index is 1.80. The number of carbonyl (C=O) groups excluding carboxylic acids is 2. The fraction of sp³-hybridized carbons (Fsp3) is 0.357. The Morgan fingerprint density at radius 1 is 1.30 bits per heavy atom. The standard InChI is InChI=1S/C14H15N3O3/c1-10-15-12-8-11(2-3-13(12)20-10)14(19)17-6-4-16(9-18)5-7-17/h2-3,8-9H,4-7H2,1H3. The van der Waals surface area contributed by atoms with Crippen molar-refractivity contribution in [2.45, 2.75) is 6.92 Å². The van der Waals surface area contributed by atoms with Gasteiger partial charge in [0.2, 0.25) is 6.41 Å². The fourth-order valence-electron chi connectivity index (χ4n) is 2.39. The summed E-state index contributed by atoms with van der Waals surface area (Å²) in [4.78, 5) is 30.7. The molecular formula is C14H15N3O3. The van der Waals surface area contributed by atoms with Gasteiger partial charge in [0.15, 0.2) is 11.5 Å². The maximum atomic E-state index is 12.4. The lowest BCUT2D eigenvalue weighted by Crippen LogP contribution is -2.48. The number of amides is 2. The maximum absolute atomic E-state index is 12.4. The van der Waals surface area contributed by atoms with Gasteiger partial charge in [0.1, 0.15) is 5.52 Å². The van der Waals surface area contributed by atoms with Crippen LogP contribution in [-0.4, -0.2) is 53.3 Å². The molecule has 0 bridgehead atoms. The molecule has 1 fully saturated rings. The van der Waals surface area contributed by atoms with Gasteiger partial charge in [-0.15, -0.1) is 0 Å². The summed E-state index contributed by atoms with van der Waals surface area (Å²) in [6.07, 6.45) is 0.825. The molecule has 1 aromatic heterocycles. The second-order valence-corrected chi connectivity index (χ2v) is 4.85. The molecule has 0 spiro atoms. The molecular weight excluding hydrogens is 258 g/mol. The largest absolute Gasteiger partial charge is 0.441 e. The second-order valence-electron chi connectivity index (χ2n) is 4.85. The van der Waals surface area contributed by atoms with Crippen molar-refractivity contribution in [2.24, 2.45) is 0 Å². The van der Waals surface area contributed by atoms with Gasteiger partial charge in [-0.05, 0) is 18.2 Å². The lowest BCUT2D eigenvalue weighted by Gasteiger charge is -2.32. The minimum atomic E-state index is -0.0295. The van der Waals surface area contributed by atoms with Gasteiger partial charge < -0.3 is 14.2 Å². The molecule has 2 heterocycles. The summed E-state index contributed by atoms with van der Waals surface area (Å²) in [7, 11) is 0. The molecule has 104 valence electrons. The Kier molecular flexibility index (Phi) is 3.14. The monoisotopic (exact) mass is 273 g/mol. The molecule has 20 heavy (non-hydrogen) atoms. The molecule has 1 aliphatic heterocycles. The average molecular weight is 273 g/mol. The van der Waals surface area contributed by atoms with E-state index >= 15 is 0 Å². The molecule has 1 aromatic carbocycles. The minimum absolute atomic E-state index is 0.0295. The summed E-state index contributed by atoms with van der Waals surface area (Å²) >= 11 is 0. The second kappa shape index (κ2) is 4.96. The van der Waals surface area contributed by atoms with Crippen molar-refractivity contribution in [1.29, 1.82) is 0 Å². The van der Waals surface area contributed by atoms with Gasteiger partial charge in [0.25, 0.3) is 5.91 Å². The van der Waals surface area contributed by atoms with E-state index in [2.05, 4.69) is 4.98 Å². The highest BCUT2D eigenvalue weighted by Crippen LogP contribution is 2.18. The number of oxazole rings is 1. The summed E-state index contributed by atoms with van der Waals surface area (Å²) in [5.74, 6) is 0.558. The third kappa shape index (κ3) is 2.24. The summed E-state index contributed by atoms with van der Waals surface area (Å²) in [6, 6.07) is 5.27. The van der Waals surface area contributed by atoms with Gasteiger partial charge in [-0.3, -0.25) is 9.59 Å². The Morgan fingerprint density at radius 2 is 2.05 bits per heavy atom. The van der Waals surface area contributed by atoms with Crippen molar-refractivity contribution >= 4 is 23.4 Å². The topological polar surface area (TPSA) is 66.7 Å². The van der Waals surface area contributed by atoms with Crippen LogP contribution in [0.3, 0.4) is 0 Å². The van der Waals surface area contributed by atoms with Crippen LogP contribution < -0.4 is 0 Å². The van der Waals surface area contributed by atoms with E-state index in [0.717, 1.165) is 6.41 Å². The maximum Gasteiger partial charge on any atom is 0.254 e. The molecule has 6 heteroatoms. The lowest BCUT2D eigenvalue weighted by atomic mass is 10.1. The van der Waals surface area contributed by atoms with Crippen molar-refractivity contribution in [1.82, 2.24) is 14.8 Å². The predicted molar refractivity (Wildman–Crippen MR) is 72.3 cm³/mol. The van der Waals surface area contributed by atoms with Crippen LogP contribution in [0, 0.1) is 6.92 Å². The molecule has 1 saturated heterocycles. The Bertz CT molecular complexity index is 657. The third-order valence-corrected chi connectivity index (χ3v) is 3.49. The number of fused-ring (bicyclic) bond motifs is 1. The van der Waals surface area contributed by atoms with Crippen molar-refractivity contribution in [2.75, 3.05) is 26.2 Å². The molecule has 6 nitrogen and oxygen atoms in total. The Hall–Kier alpha value is -2.37. The highest BCUT2D eigenvalue weighted by atomic mass is 16.3. The Morgan fingerprint density at radius 3 is 2.75 bits per heavy atom. The Labute approximate surface area is 116 Å². The smallest absolute Gasteiger partial charge is 0.254 e. The molecule has 3 rings (SSSR count). The lowest BCUT2D eigenvalue weighted by molar-refractivity contribution is -0.119. The van der Waals surface area contributed by atoms with Crippen molar-refractivity contribution in [3.05, 3.63) is 29.7 Å². The molecule has 0 saturated carbocycles. The van der Waals surface area contributed by atoms with Crippen molar-refractivity contribution < 1.29 is 14.0 Å². The molecule has 0 N–H and O–H groups in total. The first-order valence-corrected chi connectivity index (χ1v) is 6.53. The summed E-state index contributed by atoms with van der Waals surface area (Å²) in [5, 5.41) is 0. The molecule has 2 aromatic rings. The average Bonchev–Trinajstić information content (AvgIpc) is 2.85. The van der Waals surface area contributed by atoms with Gasteiger partial charge in [0.05, 0.1) is 0 Å². The number of benzene rings is 1. The number of hydrogen-bond donors (Lipinski definition) is 0. The summed E-state index contributed by atoms with van der Waals surface area (Å²) in [6.45, 7) is 4.07. The van der Waals surface area contributed by atoms with E-state index in [-0.39, 0.29) is 5.91 Å². The zero-order chi connectivity index (χ0) is 14.1. The summed E-state index contributed by atoms with van der Waals surface area (Å²) < 4.78 is 5.40. The van der Waals surface area contributed by atoms with Gasteiger partial charge in [-0.1, -0.05) is 0 Å². The van der Waals surface area contributed by atoms with Crippen LogP contribution in [0.1, 0.15) is 16.2 Å². The van der Waals surface area contributed by atoms with Crippen LogP contribution >= 0.6 is 0 Å². The van der Waals surface area contributed by atoms with Gasteiger partial charge in [-0.2, -0.15) is 0 Å². The predicted octanol–water partition coefficient (Wildman–Crippen LogP) is 1.05. The van der Waals surface area contributed by atoms with Crippen LogP contribution in [0.4, 0.5) is 0 Å². The number of rotatable bonds is 2. The first-order valence-electron chi connectivity index (χ1n) is 6.53. The molecule has 0 radical (unpaired) electrons. The van der Waals surface area contributed by atoms with E-state index in [1.807, 2.05) is 0 Å². The normalized spacial score (nSPS) is 15.7. The number of aromatic nitrogens is 1. The van der Waals surface area contributed by atoms with E-state index < -0.39 is 0 Å². The molecule has 0 unspecified atom stereocenters. The van der Waals surface area contributed by atoms with Crippen LogP contribution in [0.25, 0.3) is 11.1 Å². The third-order valence-electron chi connectivity index (χ3n) is 3.49. The van der Waals surface area contributed by atoms with Crippen LogP contribution in [0.15, 0.2) is 22.6 Å². The zero-order valence-corrected chi connectivity index (χ0v) is 11.2. The first-order chi connectivity index (χ1) is 9.67. The van der Waals surface area contributed by atoms with Gasteiger partial charge in [0, 0.05) is 38.7 Å². The highest BCUT2D eigenvalue weighted by molar-refractivity contribution is 5.97. The molecule has 1 aliphatic rings. The molecule has 0 aliphatic carbocycles. The molecule has 2 amide bonds. The number of aryl methyl sites for hydroxylation is 1. The van der Waals surface area contributed by atoms with E-state index in [4.69, 9.17) is 4.42 Å². The molecule has 0 atom stereocenters. The first kappa shape index (κ1) is 12.7. The van der Waals surface area contributed by atoms with E-state index in [1.165, 1.54) is 0 Å². The number of piperazine rings is 1. The van der Waals surface area contributed by atoms with Gasteiger partial charge in [-0.25, -0.2) is 4.98 Å². The van der Waals surface area contributed by atoms with E-state index in [9.17, 15) is 9.59 Å². The van der Waals surface area contributed by atoms with Crippen LogP contribution in [-0.2, 0) is 4.79 Å². The quantitative estimate of drug-likeness (QED) is 0.767. The van der Waals surface area contributed by atoms with Crippen LogP contribution in [0.5, 0.6) is 0 Å². The van der Waals surface area contributed by atoms with Gasteiger partial charge >= 0.3 is 0 Å². The van der Waals surface area contributed by atoms with Crippen LogP contribution in [0.2, 0.25) is 0 Å². The SMILES string of the molecule is Cc1nc2cc(C(=O)N3CCN(C=O)CC3)ccc2o1. The number of hydrogen-bond acceptors (Lipinski definition) is 4. The summed E-state index contributed by atoms with van der Waals surface area (Å²) in [5.41, 5.74) is 1.98. The highest BCUT2D eigenvalue weighted by Gasteiger charge is 2.21. The number of nitrogens with zero attached hydrogens (tertiary/aromatic N) is 3. The van der Waals surface area contributed by atoms with Crippen molar-refractivity contribution in [3.63, 3.8) is 0 Å². The van der Waals surface area contributed by atoms with E-state index in [0.29, 0.717) is 48.7 Å². The minimum Gasteiger partial charge on any atom is -0.441 e. The fourth-order valence-corrected chi connectivity index (χ4v) is 2.39. The number of carbonyl (C=O) groups is 2.